The minimum Gasteiger partial charge on any atom is -0.379 e. The number of aryl methyl sites for hydroxylation is 1. The summed E-state index contributed by atoms with van der Waals surface area (Å²) in [5.41, 5.74) is 1.35. The smallest absolute Gasteiger partial charge is 0.0637 e. The normalized spacial score (nSPS) is 13.6. The SMILES string of the molecule is CNC(CCc1ccccc1)CC(C)(C)OC. The molecule has 1 N–H and O–H groups in total. The predicted octanol–water partition coefficient (Wildman–Crippen LogP) is 3.02. The maximum atomic E-state index is 5.48. The van der Waals surface area contributed by atoms with Gasteiger partial charge in [0.15, 0.2) is 0 Å². The highest BCUT2D eigenvalue weighted by molar-refractivity contribution is 5.14. The molecular formula is C15H25NO. The lowest BCUT2D eigenvalue weighted by molar-refractivity contribution is 0.00703. The third-order valence-electron chi connectivity index (χ3n) is 3.32. The van der Waals surface area contributed by atoms with Gasteiger partial charge in [-0.05, 0) is 45.7 Å². The van der Waals surface area contributed by atoms with Gasteiger partial charge in [-0.15, -0.1) is 0 Å². The molecule has 0 aliphatic heterocycles. The molecule has 0 aromatic heterocycles. The summed E-state index contributed by atoms with van der Waals surface area (Å²) in [6, 6.07) is 11.1. The molecule has 2 heteroatoms. The lowest BCUT2D eigenvalue weighted by atomic mass is 9.94. The molecule has 2 nitrogen and oxygen atoms in total. The second kappa shape index (κ2) is 6.77. The number of nitrogens with one attached hydrogen (secondary N) is 1. The first-order chi connectivity index (χ1) is 8.07. The molecular weight excluding hydrogens is 210 g/mol. The molecule has 1 aromatic rings. The number of rotatable bonds is 7. The van der Waals surface area contributed by atoms with E-state index in [-0.39, 0.29) is 5.60 Å². The zero-order chi connectivity index (χ0) is 12.7. The maximum Gasteiger partial charge on any atom is 0.0637 e. The third-order valence-corrected chi connectivity index (χ3v) is 3.32. The topological polar surface area (TPSA) is 21.3 Å². The minimum atomic E-state index is -0.0512. The van der Waals surface area contributed by atoms with Gasteiger partial charge in [-0.1, -0.05) is 30.3 Å². The van der Waals surface area contributed by atoms with Crippen molar-refractivity contribution < 1.29 is 4.74 Å². The number of hydrogen-bond acceptors (Lipinski definition) is 2. The lowest BCUT2D eigenvalue weighted by Gasteiger charge is -2.28. The van der Waals surface area contributed by atoms with Crippen molar-refractivity contribution in [2.75, 3.05) is 14.2 Å². The van der Waals surface area contributed by atoms with E-state index in [4.69, 9.17) is 4.74 Å². The molecule has 0 amide bonds. The van der Waals surface area contributed by atoms with Crippen LogP contribution in [-0.2, 0) is 11.2 Å². The van der Waals surface area contributed by atoms with Crippen LogP contribution >= 0.6 is 0 Å². The Kier molecular flexibility index (Phi) is 5.66. The first kappa shape index (κ1) is 14.2. The molecule has 0 aliphatic rings. The van der Waals surface area contributed by atoms with Gasteiger partial charge in [-0.3, -0.25) is 0 Å². The Hall–Kier alpha value is -0.860. The summed E-state index contributed by atoms with van der Waals surface area (Å²) < 4.78 is 5.48. The Bertz CT molecular complexity index is 308. The van der Waals surface area contributed by atoms with Crippen LogP contribution in [0.3, 0.4) is 0 Å². The van der Waals surface area contributed by atoms with Gasteiger partial charge in [0, 0.05) is 13.2 Å². The molecule has 0 radical (unpaired) electrons. The highest BCUT2D eigenvalue weighted by Crippen LogP contribution is 2.18. The molecule has 1 aromatic carbocycles. The molecule has 0 fully saturated rings. The largest absolute Gasteiger partial charge is 0.379 e. The minimum absolute atomic E-state index is 0.0512. The van der Waals surface area contributed by atoms with Crippen LogP contribution in [0.2, 0.25) is 0 Å². The average molecular weight is 235 g/mol. The first-order valence-corrected chi connectivity index (χ1v) is 6.34. The van der Waals surface area contributed by atoms with Crippen LogP contribution in [0, 0.1) is 0 Å². The summed E-state index contributed by atoms with van der Waals surface area (Å²) in [7, 11) is 3.81. The van der Waals surface area contributed by atoms with Crippen molar-refractivity contribution in [1.82, 2.24) is 5.32 Å². The number of ether oxygens (including phenoxy) is 1. The Labute approximate surface area is 105 Å². The van der Waals surface area contributed by atoms with Crippen LogP contribution in [0.1, 0.15) is 32.3 Å². The van der Waals surface area contributed by atoms with E-state index in [9.17, 15) is 0 Å². The Balaban J connectivity index is 2.43. The molecule has 0 aliphatic carbocycles. The number of hydrogen-bond donors (Lipinski definition) is 1. The van der Waals surface area contributed by atoms with Crippen LogP contribution in [0.25, 0.3) is 0 Å². The summed E-state index contributed by atoms with van der Waals surface area (Å²) in [4.78, 5) is 0. The summed E-state index contributed by atoms with van der Waals surface area (Å²) in [5, 5.41) is 3.38. The first-order valence-electron chi connectivity index (χ1n) is 6.34. The van der Waals surface area contributed by atoms with Gasteiger partial charge in [0.25, 0.3) is 0 Å². The van der Waals surface area contributed by atoms with Gasteiger partial charge < -0.3 is 10.1 Å². The van der Waals surface area contributed by atoms with Crippen molar-refractivity contribution in [3.05, 3.63) is 35.9 Å². The van der Waals surface area contributed by atoms with E-state index in [1.54, 1.807) is 7.11 Å². The molecule has 1 unspecified atom stereocenters. The fraction of sp³-hybridized carbons (Fsp3) is 0.600. The molecule has 0 bridgehead atoms. The summed E-state index contributed by atoms with van der Waals surface area (Å²) in [6.07, 6.45) is 3.30. The molecule has 0 heterocycles. The Morgan fingerprint density at radius 2 is 1.88 bits per heavy atom. The maximum absolute atomic E-state index is 5.48. The average Bonchev–Trinajstić information content (AvgIpc) is 2.35. The Morgan fingerprint density at radius 1 is 1.24 bits per heavy atom. The van der Waals surface area contributed by atoms with Crippen LogP contribution in [0.15, 0.2) is 30.3 Å². The van der Waals surface area contributed by atoms with E-state index in [0.29, 0.717) is 6.04 Å². The van der Waals surface area contributed by atoms with Crippen molar-refractivity contribution >= 4 is 0 Å². The van der Waals surface area contributed by atoms with Gasteiger partial charge in [0.05, 0.1) is 5.60 Å². The molecule has 1 atom stereocenters. The lowest BCUT2D eigenvalue weighted by Crippen LogP contribution is -2.36. The van der Waals surface area contributed by atoms with Crippen molar-refractivity contribution in [3.63, 3.8) is 0 Å². The van der Waals surface area contributed by atoms with Crippen molar-refractivity contribution in [2.45, 2.75) is 44.8 Å². The number of benzene rings is 1. The van der Waals surface area contributed by atoms with Crippen LogP contribution < -0.4 is 5.32 Å². The zero-order valence-electron chi connectivity index (χ0n) is 11.5. The summed E-state index contributed by atoms with van der Waals surface area (Å²) >= 11 is 0. The van der Waals surface area contributed by atoms with Crippen molar-refractivity contribution in [2.24, 2.45) is 0 Å². The van der Waals surface area contributed by atoms with Gasteiger partial charge in [0.2, 0.25) is 0 Å². The van der Waals surface area contributed by atoms with E-state index in [0.717, 1.165) is 19.3 Å². The Morgan fingerprint density at radius 3 is 2.41 bits per heavy atom. The highest BCUT2D eigenvalue weighted by atomic mass is 16.5. The number of methoxy groups -OCH3 is 1. The van der Waals surface area contributed by atoms with Gasteiger partial charge in [-0.25, -0.2) is 0 Å². The van der Waals surface area contributed by atoms with E-state index in [1.165, 1.54) is 5.56 Å². The molecule has 0 saturated heterocycles. The summed E-state index contributed by atoms with van der Waals surface area (Å²) in [6.45, 7) is 4.28. The molecule has 0 saturated carbocycles. The molecule has 1 rings (SSSR count). The van der Waals surface area contributed by atoms with E-state index in [2.05, 4.69) is 49.5 Å². The van der Waals surface area contributed by atoms with Crippen LogP contribution in [0.5, 0.6) is 0 Å². The van der Waals surface area contributed by atoms with Crippen molar-refractivity contribution in [3.8, 4) is 0 Å². The predicted molar refractivity (Wildman–Crippen MR) is 73.3 cm³/mol. The fourth-order valence-corrected chi connectivity index (χ4v) is 2.01. The zero-order valence-corrected chi connectivity index (χ0v) is 11.5. The quantitative estimate of drug-likeness (QED) is 0.784. The standard InChI is InChI=1S/C15H25NO/c1-15(2,17-4)12-14(16-3)11-10-13-8-6-5-7-9-13/h5-9,14,16H,10-12H2,1-4H3. The molecule has 17 heavy (non-hydrogen) atoms. The second-order valence-electron chi connectivity index (χ2n) is 5.18. The van der Waals surface area contributed by atoms with Crippen LogP contribution in [0.4, 0.5) is 0 Å². The van der Waals surface area contributed by atoms with Crippen molar-refractivity contribution in [1.29, 1.82) is 0 Å². The monoisotopic (exact) mass is 235 g/mol. The fourth-order valence-electron chi connectivity index (χ4n) is 2.01. The van der Waals surface area contributed by atoms with Gasteiger partial charge in [-0.2, -0.15) is 0 Å². The van der Waals surface area contributed by atoms with Crippen LogP contribution in [-0.4, -0.2) is 25.8 Å². The van der Waals surface area contributed by atoms with Gasteiger partial charge in [0.1, 0.15) is 0 Å². The summed E-state index contributed by atoms with van der Waals surface area (Å²) in [5.74, 6) is 0. The second-order valence-corrected chi connectivity index (χ2v) is 5.18. The third kappa shape index (κ3) is 5.33. The van der Waals surface area contributed by atoms with Gasteiger partial charge >= 0.3 is 0 Å². The van der Waals surface area contributed by atoms with E-state index in [1.807, 2.05) is 7.05 Å². The van der Waals surface area contributed by atoms with E-state index >= 15 is 0 Å². The molecule has 0 spiro atoms. The highest BCUT2D eigenvalue weighted by Gasteiger charge is 2.21. The van der Waals surface area contributed by atoms with E-state index < -0.39 is 0 Å². The molecule has 96 valence electrons.